The van der Waals surface area contributed by atoms with E-state index < -0.39 is 0 Å². The van der Waals surface area contributed by atoms with Gasteiger partial charge in [0.1, 0.15) is 0 Å². The molecule has 1 aliphatic heterocycles. The van der Waals surface area contributed by atoms with Gasteiger partial charge in [-0.1, -0.05) is 52.0 Å². The SMILES string of the molecule is CC.Cc1cc(C(C(=O)N2CCCC2C)C(C)C)n[nH]1.Cc1ncsc1-c1ccc(CNC=O)cc1. The molecular weight excluding hydrogens is 470 g/mol. The Hall–Kier alpha value is -3.00. The molecule has 0 spiro atoms. The largest absolute Gasteiger partial charge is 0.355 e. The summed E-state index contributed by atoms with van der Waals surface area (Å²) in [6.07, 6.45) is 2.95. The number of nitrogens with zero attached hydrogens (tertiary/aromatic N) is 3. The second kappa shape index (κ2) is 14.5. The molecule has 8 heteroatoms. The predicted octanol–water partition coefficient (Wildman–Crippen LogP) is 5.86. The van der Waals surface area contributed by atoms with Crippen LogP contribution in [-0.2, 0) is 16.1 Å². The molecule has 2 atom stereocenters. The summed E-state index contributed by atoms with van der Waals surface area (Å²) < 4.78 is 0. The molecule has 1 saturated heterocycles. The van der Waals surface area contributed by atoms with Crippen molar-refractivity contribution >= 4 is 23.7 Å². The first-order chi connectivity index (χ1) is 17.3. The molecule has 1 aliphatic rings. The van der Waals surface area contributed by atoms with Crippen LogP contribution in [0.4, 0.5) is 0 Å². The van der Waals surface area contributed by atoms with Gasteiger partial charge in [-0.2, -0.15) is 5.10 Å². The predicted molar refractivity (Wildman–Crippen MR) is 148 cm³/mol. The molecular formula is C28H41N5O2S. The van der Waals surface area contributed by atoms with Crippen molar-refractivity contribution in [1.29, 1.82) is 0 Å². The lowest BCUT2D eigenvalue weighted by Gasteiger charge is -2.28. The monoisotopic (exact) mass is 511 g/mol. The number of carbonyl (C=O) groups excluding carboxylic acids is 2. The highest BCUT2D eigenvalue weighted by molar-refractivity contribution is 7.13. The second-order valence-electron chi connectivity index (χ2n) is 9.18. The van der Waals surface area contributed by atoms with Crippen LogP contribution in [0.5, 0.6) is 0 Å². The molecule has 3 heterocycles. The van der Waals surface area contributed by atoms with E-state index in [0.29, 0.717) is 19.0 Å². The summed E-state index contributed by atoms with van der Waals surface area (Å²) in [5, 5.41) is 9.86. The number of benzene rings is 1. The summed E-state index contributed by atoms with van der Waals surface area (Å²) in [4.78, 5) is 30.3. The molecule has 2 N–H and O–H groups in total. The van der Waals surface area contributed by atoms with Gasteiger partial charge in [0, 0.05) is 24.8 Å². The van der Waals surface area contributed by atoms with Crippen molar-refractivity contribution in [2.75, 3.05) is 6.54 Å². The number of amides is 2. The lowest BCUT2D eigenvalue weighted by molar-refractivity contribution is -0.134. The quantitative estimate of drug-likeness (QED) is 0.389. The Labute approximate surface area is 219 Å². The van der Waals surface area contributed by atoms with Gasteiger partial charge in [-0.3, -0.25) is 14.7 Å². The third-order valence-electron chi connectivity index (χ3n) is 6.16. The Balaban J connectivity index is 0.000000239. The van der Waals surface area contributed by atoms with E-state index in [1.165, 1.54) is 10.4 Å². The highest BCUT2D eigenvalue weighted by atomic mass is 32.1. The Bertz CT molecular complexity index is 1070. The molecule has 2 aromatic heterocycles. The molecule has 2 amide bonds. The highest BCUT2D eigenvalue weighted by Crippen LogP contribution is 2.29. The molecule has 1 aromatic carbocycles. The molecule has 0 saturated carbocycles. The highest BCUT2D eigenvalue weighted by Gasteiger charge is 2.34. The number of aryl methyl sites for hydroxylation is 2. The Morgan fingerprint density at radius 1 is 1.25 bits per heavy atom. The molecule has 4 rings (SSSR count). The summed E-state index contributed by atoms with van der Waals surface area (Å²) in [6, 6.07) is 10.5. The number of hydrogen-bond donors (Lipinski definition) is 2. The minimum atomic E-state index is -0.115. The van der Waals surface area contributed by atoms with E-state index >= 15 is 0 Å². The average molecular weight is 512 g/mol. The first kappa shape index (κ1) is 29.2. The lowest BCUT2D eigenvalue weighted by Crippen LogP contribution is -2.39. The van der Waals surface area contributed by atoms with Gasteiger partial charge >= 0.3 is 0 Å². The standard InChI is InChI=1S/C14H23N3O.C12H12N2OS.C2H6/c1-9(2)13(12-8-10(3)15-16-12)14(18)17-7-5-6-11(17)4;1-9-12(16-8-14-9)11-4-2-10(3-5-11)6-13-7-15;1-2/h8-9,11,13H,5-7H2,1-4H3,(H,15,16);2-5,7-8H,6H2,1H3,(H,13,15);1-2H3. The van der Waals surface area contributed by atoms with Crippen molar-refractivity contribution < 1.29 is 9.59 Å². The molecule has 1 fully saturated rings. The van der Waals surface area contributed by atoms with Crippen molar-refractivity contribution in [3.8, 4) is 10.4 Å². The first-order valence-electron chi connectivity index (χ1n) is 12.8. The third kappa shape index (κ3) is 7.75. The van der Waals surface area contributed by atoms with E-state index in [2.05, 4.69) is 53.4 Å². The Morgan fingerprint density at radius 3 is 2.42 bits per heavy atom. The summed E-state index contributed by atoms with van der Waals surface area (Å²) in [6.45, 7) is 15.8. The van der Waals surface area contributed by atoms with Gasteiger partial charge in [-0.15, -0.1) is 11.3 Å². The number of rotatable bonds is 7. The van der Waals surface area contributed by atoms with Crippen LogP contribution in [0.25, 0.3) is 10.4 Å². The van der Waals surface area contributed by atoms with Crippen LogP contribution in [0.1, 0.15) is 76.0 Å². The van der Waals surface area contributed by atoms with E-state index in [4.69, 9.17) is 0 Å². The van der Waals surface area contributed by atoms with Gasteiger partial charge in [-0.25, -0.2) is 4.98 Å². The van der Waals surface area contributed by atoms with Crippen molar-refractivity contribution in [1.82, 2.24) is 25.4 Å². The van der Waals surface area contributed by atoms with Crippen LogP contribution in [0.2, 0.25) is 0 Å². The normalized spacial score (nSPS) is 15.4. The summed E-state index contributed by atoms with van der Waals surface area (Å²) in [7, 11) is 0. The molecule has 0 radical (unpaired) electrons. The number of thiazole rings is 1. The minimum Gasteiger partial charge on any atom is -0.355 e. The topological polar surface area (TPSA) is 91.0 Å². The number of likely N-dealkylation sites (tertiary alicyclic amines) is 1. The molecule has 36 heavy (non-hydrogen) atoms. The van der Waals surface area contributed by atoms with Gasteiger partial charge in [0.2, 0.25) is 12.3 Å². The van der Waals surface area contributed by atoms with Crippen molar-refractivity contribution in [2.24, 2.45) is 5.92 Å². The number of aromatic amines is 1. The van der Waals surface area contributed by atoms with E-state index in [0.717, 1.165) is 42.0 Å². The lowest BCUT2D eigenvalue weighted by atomic mass is 9.90. The fraction of sp³-hybridized carbons (Fsp3) is 0.500. The van der Waals surface area contributed by atoms with E-state index in [1.54, 1.807) is 11.3 Å². The number of aromatic nitrogens is 3. The van der Waals surface area contributed by atoms with Crippen LogP contribution >= 0.6 is 11.3 Å². The average Bonchev–Trinajstić information content (AvgIpc) is 3.61. The van der Waals surface area contributed by atoms with Crippen molar-refractivity contribution in [3.05, 3.63) is 58.5 Å². The van der Waals surface area contributed by atoms with E-state index in [1.807, 2.05) is 56.3 Å². The summed E-state index contributed by atoms with van der Waals surface area (Å²) in [5.74, 6) is 0.394. The summed E-state index contributed by atoms with van der Waals surface area (Å²) in [5.41, 5.74) is 7.08. The molecule has 0 aliphatic carbocycles. The maximum Gasteiger partial charge on any atom is 0.232 e. The second-order valence-corrected chi connectivity index (χ2v) is 10.0. The first-order valence-corrected chi connectivity index (χ1v) is 13.7. The number of hydrogen-bond acceptors (Lipinski definition) is 5. The number of H-pyrrole nitrogens is 1. The Morgan fingerprint density at radius 2 is 1.94 bits per heavy atom. The molecule has 7 nitrogen and oxygen atoms in total. The van der Waals surface area contributed by atoms with Crippen molar-refractivity contribution in [2.45, 2.75) is 79.8 Å². The maximum absolute atomic E-state index is 12.7. The number of carbonyl (C=O) groups is 2. The summed E-state index contributed by atoms with van der Waals surface area (Å²) >= 11 is 1.64. The fourth-order valence-electron chi connectivity index (χ4n) is 4.30. The van der Waals surface area contributed by atoms with Crippen LogP contribution < -0.4 is 5.32 Å². The van der Waals surface area contributed by atoms with Gasteiger partial charge in [0.25, 0.3) is 0 Å². The van der Waals surface area contributed by atoms with E-state index in [9.17, 15) is 9.59 Å². The van der Waals surface area contributed by atoms with Gasteiger partial charge < -0.3 is 10.2 Å². The molecule has 2 unspecified atom stereocenters. The van der Waals surface area contributed by atoms with Crippen LogP contribution in [-0.4, -0.2) is 45.0 Å². The van der Waals surface area contributed by atoms with Gasteiger partial charge in [-0.05, 0) is 56.7 Å². The van der Waals surface area contributed by atoms with Crippen LogP contribution in [0.3, 0.4) is 0 Å². The van der Waals surface area contributed by atoms with Crippen molar-refractivity contribution in [3.63, 3.8) is 0 Å². The number of nitrogens with one attached hydrogen (secondary N) is 2. The zero-order valence-corrected chi connectivity index (χ0v) is 23.5. The van der Waals surface area contributed by atoms with E-state index in [-0.39, 0.29) is 17.7 Å². The zero-order valence-electron chi connectivity index (χ0n) is 22.7. The smallest absolute Gasteiger partial charge is 0.232 e. The maximum atomic E-state index is 12.7. The van der Waals surface area contributed by atoms with Crippen LogP contribution in [0.15, 0.2) is 35.8 Å². The van der Waals surface area contributed by atoms with Crippen LogP contribution in [0, 0.1) is 19.8 Å². The molecule has 196 valence electrons. The minimum absolute atomic E-state index is 0.115. The van der Waals surface area contributed by atoms with Gasteiger partial charge in [0.15, 0.2) is 0 Å². The molecule has 0 bridgehead atoms. The zero-order chi connectivity index (χ0) is 26.7. The molecule has 3 aromatic rings. The Kier molecular flexibility index (Phi) is 11.8. The third-order valence-corrected chi connectivity index (χ3v) is 7.14. The van der Waals surface area contributed by atoms with Gasteiger partial charge in [0.05, 0.1) is 27.7 Å². The fourth-order valence-corrected chi connectivity index (χ4v) is 5.12.